The highest BCUT2D eigenvalue weighted by Crippen LogP contribution is 2.37. The van der Waals surface area contributed by atoms with Crippen molar-refractivity contribution >= 4 is 23.2 Å². The molecule has 2 unspecified atom stereocenters. The average Bonchev–Trinajstić information content (AvgIpc) is 2.95. The van der Waals surface area contributed by atoms with Crippen molar-refractivity contribution < 1.29 is 0 Å². The van der Waals surface area contributed by atoms with E-state index in [4.69, 9.17) is 11.5 Å². The molecule has 1 aliphatic carbocycles. The lowest BCUT2D eigenvalue weighted by molar-refractivity contribution is 0.577. The third kappa shape index (κ3) is 2.84. The summed E-state index contributed by atoms with van der Waals surface area (Å²) in [5, 5.41) is 0. The molecule has 4 N–H and O–H groups in total. The van der Waals surface area contributed by atoms with Crippen LogP contribution in [0.4, 0.5) is 5.69 Å². The number of anilines is 1. The molecule has 0 aromatic heterocycles. The summed E-state index contributed by atoms with van der Waals surface area (Å²) in [7, 11) is 0. The summed E-state index contributed by atoms with van der Waals surface area (Å²) >= 11 is 1.57. The normalized spacial score (nSPS) is 30.0. The van der Waals surface area contributed by atoms with Crippen molar-refractivity contribution in [3.8, 4) is 0 Å². The molecule has 2 atom stereocenters. The minimum Gasteiger partial charge on any atom is -0.372 e. The number of hydrogen-bond donors (Lipinski definition) is 2. The third-order valence-corrected chi connectivity index (χ3v) is 5.67. The first-order valence-corrected chi connectivity index (χ1v) is 9.09. The van der Waals surface area contributed by atoms with Crippen LogP contribution in [0, 0.1) is 0 Å². The number of rotatable bonds is 2. The van der Waals surface area contributed by atoms with Crippen molar-refractivity contribution in [3.05, 3.63) is 53.0 Å². The van der Waals surface area contributed by atoms with Crippen molar-refractivity contribution in [2.24, 2.45) is 16.5 Å². The van der Waals surface area contributed by atoms with Crippen molar-refractivity contribution in [1.82, 2.24) is 0 Å². The Labute approximate surface area is 141 Å². The molecule has 3 aliphatic rings. The van der Waals surface area contributed by atoms with Gasteiger partial charge < -0.3 is 16.4 Å². The minimum atomic E-state index is -0.578. The highest BCUT2D eigenvalue weighted by Gasteiger charge is 2.30. The fraction of sp³-hybridized carbons (Fsp3) is 0.389. The van der Waals surface area contributed by atoms with Gasteiger partial charge in [-0.05, 0) is 49.1 Å². The van der Waals surface area contributed by atoms with E-state index in [1.54, 1.807) is 11.8 Å². The highest BCUT2D eigenvalue weighted by molar-refractivity contribution is 8.05. The number of allylic oxidation sites excluding steroid dienone is 2. The van der Waals surface area contributed by atoms with E-state index in [1.807, 2.05) is 12.2 Å². The van der Waals surface area contributed by atoms with E-state index in [0.717, 1.165) is 29.3 Å². The number of nitrogens with two attached hydrogens (primary N) is 2. The summed E-state index contributed by atoms with van der Waals surface area (Å²) in [5.74, 6) is 0. The Hall–Kier alpha value is -1.56. The molecule has 120 valence electrons. The standard InChI is InChI=1S/C18H22N4S/c19-17-21-15-8-9-18(20,12-16(15)23-17)13-4-6-14(7-5-13)22-10-2-1-3-11-22/h4-9,12,17H,1-3,10-11,19-20H2. The van der Waals surface area contributed by atoms with Crippen LogP contribution in [0.25, 0.3) is 0 Å². The molecule has 0 saturated carbocycles. The smallest absolute Gasteiger partial charge is 0.149 e. The molecule has 0 bridgehead atoms. The molecule has 0 spiro atoms. The number of benzene rings is 1. The molecule has 2 aliphatic heterocycles. The maximum Gasteiger partial charge on any atom is 0.149 e. The van der Waals surface area contributed by atoms with Gasteiger partial charge in [-0.2, -0.15) is 0 Å². The molecule has 1 aromatic rings. The maximum atomic E-state index is 6.62. The molecular weight excluding hydrogens is 304 g/mol. The summed E-state index contributed by atoms with van der Waals surface area (Å²) in [6.07, 6.45) is 10.0. The Kier molecular flexibility index (Phi) is 3.79. The van der Waals surface area contributed by atoms with Crippen LogP contribution < -0.4 is 16.4 Å². The van der Waals surface area contributed by atoms with Crippen LogP contribution in [-0.4, -0.2) is 24.3 Å². The van der Waals surface area contributed by atoms with Crippen LogP contribution in [0.15, 0.2) is 52.4 Å². The topological polar surface area (TPSA) is 67.6 Å². The van der Waals surface area contributed by atoms with Crippen molar-refractivity contribution in [1.29, 1.82) is 0 Å². The van der Waals surface area contributed by atoms with E-state index < -0.39 is 5.54 Å². The zero-order valence-corrected chi connectivity index (χ0v) is 13.9. The molecule has 23 heavy (non-hydrogen) atoms. The molecule has 1 saturated heterocycles. The predicted molar refractivity (Wildman–Crippen MR) is 98.6 cm³/mol. The van der Waals surface area contributed by atoms with E-state index in [2.05, 4.69) is 40.2 Å². The molecule has 5 heteroatoms. The van der Waals surface area contributed by atoms with Crippen molar-refractivity contribution in [3.63, 3.8) is 0 Å². The zero-order valence-electron chi connectivity index (χ0n) is 13.1. The first kappa shape index (κ1) is 15.0. The van der Waals surface area contributed by atoms with Gasteiger partial charge in [0.05, 0.1) is 11.3 Å². The van der Waals surface area contributed by atoms with Crippen molar-refractivity contribution in [2.75, 3.05) is 18.0 Å². The van der Waals surface area contributed by atoms with Crippen LogP contribution in [0.3, 0.4) is 0 Å². The number of thioether (sulfide) groups is 1. The number of fused-ring (bicyclic) bond motifs is 1. The molecule has 4 nitrogen and oxygen atoms in total. The van der Waals surface area contributed by atoms with Crippen LogP contribution in [0.2, 0.25) is 0 Å². The van der Waals surface area contributed by atoms with Gasteiger partial charge >= 0.3 is 0 Å². The summed E-state index contributed by atoms with van der Waals surface area (Å²) in [6.45, 7) is 2.32. The maximum absolute atomic E-state index is 6.62. The van der Waals surface area contributed by atoms with Gasteiger partial charge in [0.15, 0.2) is 0 Å². The molecule has 0 amide bonds. The van der Waals surface area contributed by atoms with E-state index in [9.17, 15) is 0 Å². The van der Waals surface area contributed by atoms with Gasteiger partial charge in [0.2, 0.25) is 0 Å². The van der Waals surface area contributed by atoms with E-state index in [0.29, 0.717) is 0 Å². The van der Waals surface area contributed by atoms with Gasteiger partial charge in [-0.25, -0.2) is 0 Å². The van der Waals surface area contributed by atoms with Crippen LogP contribution in [-0.2, 0) is 5.54 Å². The van der Waals surface area contributed by atoms with Crippen LogP contribution in [0.5, 0.6) is 0 Å². The quantitative estimate of drug-likeness (QED) is 0.877. The monoisotopic (exact) mass is 326 g/mol. The molecular formula is C18H22N4S. The third-order valence-electron chi connectivity index (χ3n) is 4.74. The summed E-state index contributed by atoms with van der Waals surface area (Å²) in [5.41, 5.74) is 15.1. The number of hydrogen-bond acceptors (Lipinski definition) is 5. The lowest BCUT2D eigenvalue weighted by Gasteiger charge is -2.30. The van der Waals surface area contributed by atoms with Crippen LogP contribution >= 0.6 is 11.8 Å². The Morgan fingerprint density at radius 3 is 2.61 bits per heavy atom. The fourth-order valence-electron chi connectivity index (χ4n) is 3.43. The first-order chi connectivity index (χ1) is 11.1. The molecule has 0 radical (unpaired) electrons. The average molecular weight is 326 g/mol. The van der Waals surface area contributed by atoms with Gasteiger partial charge in [0.25, 0.3) is 0 Å². The largest absolute Gasteiger partial charge is 0.372 e. The van der Waals surface area contributed by atoms with Gasteiger partial charge in [-0.3, -0.25) is 4.99 Å². The summed E-state index contributed by atoms with van der Waals surface area (Å²) < 4.78 is 0. The second-order valence-electron chi connectivity index (χ2n) is 6.39. The highest BCUT2D eigenvalue weighted by atomic mass is 32.2. The van der Waals surface area contributed by atoms with Crippen molar-refractivity contribution in [2.45, 2.75) is 30.3 Å². The molecule has 1 aromatic carbocycles. The van der Waals surface area contributed by atoms with Gasteiger partial charge in [-0.15, -0.1) is 0 Å². The number of aliphatic imine (C=N–C) groups is 1. The Morgan fingerprint density at radius 2 is 1.87 bits per heavy atom. The van der Waals surface area contributed by atoms with E-state index >= 15 is 0 Å². The second kappa shape index (κ2) is 5.82. The lowest BCUT2D eigenvalue weighted by atomic mass is 9.86. The zero-order chi connectivity index (χ0) is 15.9. The molecule has 4 rings (SSSR count). The number of nitrogens with zero attached hydrogens (tertiary/aromatic N) is 2. The fourth-order valence-corrected chi connectivity index (χ4v) is 4.36. The van der Waals surface area contributed by atoms with Gasteiger partial charge in [0, 0.05) is 23.7 Å². The van der Waals surface area contributed by atoms with Gasteiger partial charge in [0.1, 0.15) is 5.50 Å². The molecule has 1 fully saturated rings. The Morgan fingerprint density at radius 1 is 1.13 bits per heavy atom. The van der Waals surface area contributed by atoms with E-state index in [1.165, 1.54) is 24.9 Å². The van der Waals surface area contributed by atoms with E-state index in [-0.39, 0.29) is 5.50 Å². The lowest BCUT2D eigenvalue weighted by Crippen LogP contribution is -2.35. The molecule has 2 heterocycles. The SMILES string of the molecule is NC1N=C2C=CC(N)(c3ccc(N4CCCCC4)cc3)C=C2S1. The Bertz CT molecular complexity index is 685. The summed E-state index contributed by atoms with van der Waals surface area (Å²) in [4.78, 5) is 7.93. The summed E-state index contributed by atoms with van der Waals surface area (Å²) in [6, 6.07) is 8.68. The number of piperidine rings is 1. The second-order valence-corrected chi connectivity index (χ2v) is 7.55. The Balaban J connectivity index is 1.58. The predicted octanol–water partition coefficient (Wildman–Crippen LogP) is 2.71. The first-order valence-electron chi connectivity index (χ1n) is 8.21. The minimum absolute atomic E-state index is 0.204. The van der Waals surface area contributed by atoms with Crippen LogP contribution in [0.1, 0.15) is 24.8 Å². The van der Waals surface area contributed by atoms with Gasteiger partial charge in [-0.1, -0.05) is 30.0 Å².